The van der Waals surface area contributed by atoms with E-state index in [1.165, 1.54) is 30.5 Å². The standard InChI is InChI=1S/C24H34FNS/c1-6-19-8-7-17(2)13-21(15-19)14-18(3)23(27)26-24(4,5)16-20-9-11-22(25)12-10-20/h9-13,15,17-18H,6-8,14,16H2,1-5H3,(H,26,27)/t17?,18-/m1/s1. The predicted octanol–water partition coefficient (Wildman–Crippen LogP) is 6.78. The van der Waals surface area contributed by atoms with Crippen molar-refractivity contribution in [2.24, 2.45) is 11.8 Å². The van der Waals surface area contributed by atoms with Gasteiger partial charge in [0.2, 0.25) is 0 Å². The number of thiocarbonyl (C=S) groups is 1. The first-order chi connectivity index (χ1) is 12.7. The van der Waals surface area contributed by atoms with Gasteiger partial charge in [-0.15, -0.1) is 0 Å². The Morgan fingerprint density at radius 3 is 2.59 bits per heavy atom. The average molecular weight is 388 g/mol. The van der Waals surface area contributed by atoms with Crippen molar-refractivity contribution in [3.05, 3.63) is 58.9 Å². The number of nitrogens with one attached hydrogen (secondary N) is 1. The van der Waals surface area contributed by atoms with Crippen LogP contribution in [-0.4, -0.2) is 10.5 Å². The van der Waals surface area contributed by atoms with Crippen LogP contribution < -0.4 is 5.32 Å². The monoisotopic (exact) mass is 387 g/mol. The van der Waals surface area contributed by atoms with Gasteiger partial charge >= 0.3 is 0 Å². The van der Waals surface area contributed by atoms with Crippen LogP contribution in [0, 0.1) is 17.7 Å². The third-order valence-corrected chi connectivity index (χ3v) is 5.78. The first-order valence-electron chi connectivity index (χ1n) is 10.1. The fourth-order valence-electron chi connectivity index (χ4n) is 3.71. The lowest BCUT2D eigenvalue weighted by atomic mass is 9.92. The summed E-state index contributed by atoms with van der Waals surface area (Å²) < 4.78 is 13.1. The summed E-state index contributed by atoms with van der Waals surface area (Å²) in [5.74, 6) is 0.724. The zero-order chi connectivity index (χ0) is 20.0. The molecule has 0 aliphatic heterocycles. The Morgan fingerprint density at radius 1 is 1.30 bits per heavy atom. The minimum Gasteiger partial charge on any atom is -0.374 e. The van der Waals surface area contributed by atoms with Crippen molar-refractivity contribution in [2.45, 2.75) is 72.3 Å². The second kappa shape index (κ2) is 9.64. The molecular formula is C24H34FNS. The van der Waals surface area contributed by atoms with Gasteiger partial charge in [-0.3, -0.25) is 0 Å². The largest absolute Gasteiger partial charge is 0.374 e. The summed E-state index contributed by atoms with van der Waals surface area (Å²) in [5.41, 5.74) is 3.91. The molecule has 1 aliphatic rings. The number of hydrogen-bond donors (Lipinski definition) is 1. The lowest BCUT2D eigenvalue weighted by molar-refractivity contribution is 0.450. The first-order valence-corrected chi connectivity index (χ1v) is 10.6. The van der Waals surface area contributed by atoms with Gasteiger partial charge in [-0.05, 0) is 69.6 Å². The van der Waals surface area contributed by atoms with Gasteiger partial charge in [0, 0.05) is 11.5 Å². The normalized spacial score (nSPS) is 19.0. The minimum absolute atomic E-state index is 0.168. The topological polar surface area (TPSA) is 12.0 Å². The van der Waals surface area contributed by atoms with Crippen molar-refractivity contribution in [1.29, 1.82) is 0 Å². The predicted molar refractivity (Wildman–Crippen MR) is 119 cm³/mol. The van der Waals surface area contributed by atoms with Gasteiger partial charge in [0.1, 0.15) is 5.82 Å². The SMILES string of the molecule is CCC1=CC(C[C@@H](C)C(=S)NC(C)(C)Cc2ccc(F)cc2)=CC(C)CC1. The molecule has 0 spiro atoms. The van der Waals surface area contributed by atoms with Crippen molar-refractivity contribution in [2.75, 3.05) is 0 Å². The van der Waals surface area contributed by atoms with Crippen molar-refractivity contribution in [3.8, 4) is 0 Å². The molecule has 0 saturated carbocycles. The van der Waals surface area contributed by atoms with E-state index in [1.807, 2.05) is 12.1 Å². The van der Waals surface area contributed by atoms with Crippen molar-refractivity contribution >= 4 is 17.2 Å². The molecule has 1 aliphatic carbocycles. The van der Waals surface area contributed by atoms with Gasteiger partial charge in [-0.2, -0.15) is 0 Å². The molecule has 2 atom stereocenters. The van der Waals surface area contributed by atoms with Crippen LogP contribution in [0.15, 0.2) is 47.6 Å². The lowest BCUT2D eigenvalue weighted by Crippen LogP contribution is -2.46. The van der Waals surface area contributed by atoms with E-state index >= 15 is 0 Å². The molecular weight excluding hydrogens is 353 g/mol. The van der Waals surface area contributed by atoms with Crippen LogP contribution in [0.2, 0.25) is 0 Å². The molecule has 0 aromatic heterocycles. The Morgan fingerprint density at radius 2 is 1.96 bits per heavy atom. The zero-order valence-corrected chi connectivity index (χ0v) is 18.3. The Bertz CT molecular complexity index is 700. The van der Waals surface area contributed by atoms with E-state index in [0.717, 1.165) is 29.8 Å². The lowest BCUT2D eigenvalue weighted by Gasteiger charge is -2.30. The van der Waals surface area contributed by atoms with Crippen LogP contribution in [0.3, 0.4) is 0 Å². The summed E-state index contributed by atoms with van der Waals surface area (Å²) in [6.45, 7) is 11.1. The molecule has 1 nitrogen and oxygen atoms in total. The van der Waals surface area contributed by atoms with Gasteiger partial charge < -0.3 is 5.32 Å². The van der Waals surface area contributed by atoms with Gasteiger partial charge in [-0.1, -0.05) is 68.4 Å². The number of rotatable bonds is 7. The van der Waals surface area contributed by atoms with Crippen LogP contribution in [0.4, 0.5) is 4.39 Å². The van der Waals surface area contributed by atoms with Crippen molar-refractivity contribution in [1.82, 2.24) is 5.32 Å². The van der Waals surface area contributed by atoms with E-state index in [0.29, 0.717) is 11.8 Å². The van der Waals surface area contributed by atoms with Crippen LogP contribution in [-0.2, 0) is 6.42 Å². The summed E-state index contributed by atoms with van der Waals surface area (Å²) in [6, 6.07) is 6.73. The molecule has 3 heteroatoms. The third-order valence-electron chi connectivity index (χ3n) is 5.27. The van der Waals surface area contributed by atoms with E-state index < -0.39 is 0 Å². The van der Waals surface area contributed by atoms with Crippen LogP contribution in [0.25, 0.3) is 0 Å². The Hall–Kier alpha value is -1.48. The van der Waals surface area contributed by atoms with Crippen LogP contribution in [0.1, 0.15) is 65.9 Å². The van der Waals surface area contributed by atoms with Gasteiger partial charge in [0.05, 0.1) is 4.99 Å². The number of allylic oxidation sites excluding steroid dienone is 4. The van der Waals surface area contributed by atoms with Gasteiger partial charge in [0.25, 0.3) is 0 Å². The maximum absolute atomic E-state index is 13.1. The van der Waals surface area contributed by atoms with E-state index in [4.69, 9.17) is 12.2 Å². The van der Waals surface area contributed by atoms with E-state index in [1.54, 1.807) is 5.57 Å². The third kappa shape index (κ3) is 7.21. The molecule has 0 fully saturated rings. The molecule has 1 aromatic rings. The minimum atomic E-state index is -0.195. The highest BCUT2D eigenvalue weighted by atomic mass is 32.1. The zero-order valence-electron chi connectivity index (χ0n) is 17.4. The molecule has 0 bridgehead atoms. The Labute approximate surface area is 170 Å². The second-order valence-electron chi connectivity index (χ2n) is 8.70. The quantitative estimate of drug-likeness (QED) is 0.517. The van der Waals surface area contributed by atoms with Gasteiger partial charge in [0.15, 0.2) is 0 Å². The molecule has 1 N–H and O–H groups in total. The summed E-state index contributed by atoms with van der Waals surface area (Å²) in [5, 5.41) is 3.55. The molecule has 0 saturated heterocycles. The molecule has 148 valence electrons. The number of hydrogen-bond acceptors (Lipinski definition) is 1. The van der Waals surface area contributed by atoms with E-state index in [-0.39, 0.29) is 11.4 Å². The number of halogens is 1. The van der Waals surface area contributed by atoms with Crippen LogP contribution in [0.5, 0.6) is 0 Å². The fourth-order valence-corrected chi connectivity index (χ4v) is 4.07. The molecule has 2 rings (SSSR count). The molecule has 27 heavy (non-hydrogen) atoms. The molecule has 0 amide bonds. The first kappa shape index (κ1) is 21.8. The van der Waals surface area contributed by atoms with Gasteiger partial charge in [-0.25, -0.2) is 4.39 Å². The number of benzene rings is 1. The van der Waals surface area contributed by atoms with E-state index in [2.05, 4.69) is 52.1 Å². The second-order valence-corrected chi connectivity index (χ2v) is 9.14. The molecule has 1 unspecified atom stereocenters. The van der Waals surface area contributed by atoms with Crippen molar-refractivity contribution in [3.63, 3.8) is 0 Å². The highest BCUT2D eigenvalue weighted by Gasteiger charge is 2.22. The summed E-state index contributed by atoms with van der Waals surface area (Å²) in [6.07, 6.45) is 10.2. The summed E-state index contributed by atoms with van der Waals surface area (Å²) in [4.78, 5) is 0.909. The fraction of sp³-hybridized carbons (Fsp3) is 0.542. The smallest absolute Gasteiger partial charge is 0.123 e. The van der Waals surface area contributed by atoms with Crippen LogP contribution >= 0.6 is 12.2 Å². The Kier molecular flexibility index (Phi) is 7.79. The summed E-state index contributed by atoms with van der Waals surface area (Å²) in [7, 11) is 0. The maximum Gasteiger partial charge on any atom is 0.123 e. The molecule has 1 aromatic carbocycles. The highest BCUT2D eigenvalue weighted by Crippen LogP contribution is 2.27. The molecule has 0 radical (unpaired) electrons. The van der Waals surface area contributed by atoms with Crippen molar-refractivity contribution < 1.29 is 4.39 Å². The average Bonchev–Trinajstić information content (AvgIpc) is 2.77. The summed E-state index contributed by atoms with van der Waals surface area (Å²) >= 11 is 5.73. The van der Waals surface area contributed by atoms with E-state index in [9.17, 15) is 4.39 Å². The Balaban J connectivity index is 1.98. The maximum atomic E-state index is 13.1. The molecule has 0 heterocycles. The highest BCUT2D eigenvalue weighted by molar-refractivity contribution is 7.80.